The second-order valence-electron chi connectivity index (χ2n) is 5.43. The highest BCUT2D eigenvalue weighted by Gasteiger charge is 2.29. The first-order valence-corrected chi connectivity index (χ1v) is 6.61. The average Bonchev–Trinajstić information content (AvgIpc) is 2.36. The molecule has 1 fully saturated rings. The van der Waals surface area contributed by atoms with Gasteiger partial charge in [-0.1, -0.05) is 6.92 Å². The van der Waals surface area contributed by atoms with Crippen molar-refractivity contribution in [3.63, 3.8) is 0 Å². The summed E-state index contributed by atoms with van der Waals surface area (Å²) in [5.41, 5.74) is 0.177. The Bertz CT molecular complexity index is 307. The third-order valence-corrected chi connectivity index (χ3v) is 3.91. The zero-order valence-electron chi connectivity index (χ0n) is 11.6. The molecule has 0 aromatic heterocycles. The van der Waals surface area contributed by atoms with E-state index in [4.69, 9.17) is 5.11 Å². The molecule has 1 heterocycles. The summed E-state index contributed by atoms with van der Waals surface area (Å²) in [6.07, 6.45) is 1.13. The molecule has 0 spiro atoms. The van der Waals surface area contributed by atoms with Crippen molar-refractivity contribution < 1.29 is 14.7 Å². The lowest BCUT2D eigenvalue weighted by Gasteiger charge is -2.43. The molecule has 0 saturated carbocycles. The Morgan fingerprint density at radius 2 is 1.67 bits per heavy atom. The number of hydrogen-bond donors (Lipinski definition) is 1. The van der Waals surface area contributed by atoms with Crippen LogP contribution in [0.3, 0.4) is 0 Å². The van der Waals surface area contributed by atoms with Gasteiger partial charge >= 0.3 is 5.97 Å². The minimum atomic E-state index is -0.908. The fourth-order valence-corrected chi connectivity index (χ4v) is 2.16. The lowest BCUT2D eigenvalue weighted by Crippen LogP contribution is -2.55. The van der Waals surface area contributed by atoms with E-state index in [0.717, 1.165) is 19.5 Å². The highest BCUT2D eigenvalue weighted by molar-refractivity contribution is 5.80. The van der Waals surface area contributed by atoms with Crippen LogP contribution < -0.4 is 0 Å². The maximum Gasteiger partial charge on any atom is 0.303 e. The maximum absolute atomic E-state index is 11.8. The van der Waals surface area contributed by atoms with Gasteiger partial charge in [0.05, 0.1) is 6.42 Å². The SMILES string of the molecule is CCC(C)(C)N1CCN(C(=O)CCC(=O)O)CC1. The molecular formula is C13H24N2O3. The van der Waals surface area contributed by atoms with Crippen LogP contribution in [0.25, 0.3) is 0 Å². The van der Waals surface area contributed by atoms with Crippen molar-refractivity contribution >= 4 is 11.9 Å². The van der Waals surface area contributed by atoms with Gasteiger partial charge in [-0.3, -0.25) is 14.5 Å². The first-order chi connectivity index (χ1) is 8.36. The molecule has 0 bridgehead atoms. The summed E-state index contributed by atoms with van der Waals surface area (Å²) >= 11 is 0. The molecule has 1 rings (SSSR count). The molecule has 104 valence electrons. The van der Waals surface area contributed by atoms with Gasteiger partial charge in [0.25, 0.3) is 0 Å². The largest absolute Gasteiger partial charge is 0.481 e. The van der Waals surface area contributed by atoms with Crippen LogP contribution >= 0.6 is 0 Å². The van der Waals surface area contributed by atoms with Gasteiger partial charge in [0.15, 0.2) is 0 Å². The molecule has 5 heteroatoms. The number of carbonyl (C=O) groups excluding carboxylic acids is 1. The number of piperazine rings is 1. The Morgan fingerprint density at radius 3 is 2.11 bits per heavy atom. The Hall–Kier alpha value is -1.10. The van der Waals surface area contributed by atoms with Crippen molar-refractivity contribution in [1.82, 2.24) is 9.80 Å². The first kappa shape index (κ1) is 15.0. The molecule has 1 aliphatic rings. The van der Waals surface area contributed by atoms with Crippen molar-refractivity contribution in [2.45, 2.75) is 45.6 Å². The van der Waals surface area contributed by atoms with Crippen LogP contribution in [0.15, 0.2) is 0 Å². The number of carbonyl (C=O) groups is 2. The number of rotatable bonds is 5. The molecule has 1 amide bonds. The van der Waals surface area contributed by atoms with Crippen molar-refractivity contribution in [1.29, 1.82) is 0 Å². The molecule has 0 unspecified atom stereocenters. The van der Waals surface area contributed by atoms with E-state index in [1.54, 1.807) is 4.90 Å². The lowest BCUT2D eigenvalue weighted by molar-refractivity contribution is -0.141. The summed E-state index contributed by atoms with van der Waals surface area (Å²) in [5.74, 6) is -0.944. The van der Waals surface area contributed by atoms with E-state index in [0.29, 0.717) is 13.1 Å². The first-order valence-electron chi connectivity index (χ1n) is 6.61. The fourth-order valence-electron chi connectivity index (χ4n) is 2.16. The number of amides is 1. The van der Waals surface area contributed by atoms with Crippen molar-refractivity contribution in [2.24, 2.45) is 0 Å². The van der Waals surface area contributed by atoms with Crippen LogP contribution in [-0.4, -0.2) is 58.5 Å². The predicted molar refractivity (Wildman–Crippen MR) is 69.4 cm³/mol. The Morgan fingerprint density at radius 1 is 1.11 bits per heavy atom. The Kier molecular flexibility index (Phi) is 5.14. The zero-order valence-corrected chi connectivity index (χ0v) is 11.6. The minimum Gasteiger partial charge on any atom is -0.481 e. The summed E-state index contributed by atoms with van der Waals surface area (Å²) in [4.78, 5) is 26.4. The van der Waals surface area contributed by atoms with Gasteiger partial charge in [0.1, 0.15) is 0 Å². The van der Waals surface area contributed by atoms with E-state index in [1.165, 1.54) is 0 Å². The zero-order chi connectivity index (χ0) is 13.8. The summed E-state index contributed by atoms with van der Waals surface area (Å²) in [6.45, 7) is 9.78. The molecule has 0 aromatic carbocycles. The van der Waals surface area contributed by atoms with Crippen molar-refractivity contribution in [3.8, 4) is 0 Å². The quantitative estimate of drug-likeness (QED) is 0.802. The van der Waals surface area contributed by atoms with Crippen LogP contribution in [0.4, 0.5) is 0 Å². The second-order valence-corrected chi connectivity index (χ2v) is 5.43. The van der Waals surface area contributed by atoms with E-state index < -0.39 is 5.97 Å². The summed E-state index contributed by atoms with van der Waals surface area (Å²) in [5, 5.41) is 8.56. The molecule has 0 aromatic rings. The number of nitrogens with zero attached hydrogens (tertiary/aromatic N) is 2. The van der Waals surface area contributed by atoms with E-state index >= 15 is 0 Å². The van der Waals surface area contributed by atoms with Gasteiger partial charge in [0, 0.05) is 38.1 Å². The summed E-state index contributed by atoms with van der Waals surface area (Å²) < 4.78 is 0. The van der Waals surface area contributed by atoms with Gasteiger partial charge in [-0.05, 0) is 20.3 Å². The minimum absolute atomic E-state index is 0.0358. The lowest BCUT2D eigenvalue weighted by atomic mass is 9.98. The van der Waals surface area contributed by atoms with Gasteiger partial charge in [-0.2, -0.15) is 0 Å². The number of carboxylic acids is 1. The van der Waals surface area contributed by atoms with E-state index in [1.807, 2.05) is 0 Å². The molecule has 0 radical (unpaired) electrons. The monoisotopic (exact) mass is 256 g/mol. The Balaban J connectivity index is 2.39. The highest BCUT2D eigenvalue weighted by atomic mass is 16.4. The molecular weight excluding hydrogens is 232 g/mol. The van der Waals surface area contributed by atoms with Crippen LogP contribution in [0.1, 0.15) is 40.0 Å². The molecule has 1 aliphatic heterocycles. The molecule has 18 heavy (non-hydrogen) atoms. The van der Waals surface area contributed by atoms with Crippen molar-refractivity contribution in [3.05, 3.63) is 0 Å². The molecule has 0 atom stereocenters. The van der Waals surface area contributed by atoms with Gasteiger partial charge < -0.3 is 10.0 Å². The topological polar surface area (TPSA) is 60.9 Å². The van der Waals surface area contributed by atoms with E-state index in [9.17, 15) is 9.59 Å². The normalized spacial score (nSPS) is 17.8. The maximum atomic E-state index is 11.8. The second kappa shape index (κ2) is 6.18. The smallest absolute Gasteiger partial charge is 0.303 e. The third-order valence-electron chi connectivity index (χ3n) is 3.91. The number of carboxylic acid groups (broad SMARTS) is 1. The highest BCUT2D eigenvalue weighted by Crippen LogP contribution is 2.20. The standard InChI is InChI=1S/C13H24N2O3/c1-4-13(2,3)15-9-7-14(8-10-15)11(16)5-6-12(17)18/h4-10H2,1-3H3,(H,17,18). The van der Waals surface area contributed by atoms with Crippen LogP contribution in [0, 0.1) is 0 Å². The van der Waals surface area contributed by atoms with Crippen molar-refractivity contribution in [2.75, 3.05) is 26.2 Å². The molecule has 1 saturated heterocycles. The van der Waals surface area contributed by atoms with Crippen LogP contribution in [0.2, 0.25) is 0 Å². The van der Waals surface area contributed by atoms with Crippen LogP contribution in [0.5, 0.6) is 0 Å². The predicted octanol–water partition coefficient (Wildman–Crippen LogP) is 1.18. The number of aliphatic carboxylic acids is 1. The fraction of sp³-hybridized carbons (Fsp3) is 0.846. The average molecular weight is 256 g/mol. The van der Waals surface area contributed by atoms with Gasteiger partial charge in [-0.15, -0.1) is 0 Å². The summed E-state index contributed by atoms with van der Waals surface area (Å²) in [6, 6.07) is 0. The summed E-state index contributed by atoms with van der Waals surface area (Å²) in [7, 11) is 0. The van der Waals surface area contributed by atoms with E-state index in [2.05, 4.69) is 25.7 Å². The third kappa shape index (κ3) is 3.98. The molecule has 5 nitrogen and oxygen atoms in total. The van der Waals surface area contributed by atoms with Gasteiger partial charge in [-0.25, -0.2) is 0 Å². The van der Waals surface area contributed by atoms with E-state index in [-0.39, 0.29) is 24.3 Å². The van der Waals surface area contributed by atoms with Gasteiger partial charge in [0.2, 0.25) is 5.91 Å². The van der Waals surface area contributed by atoms with Crippen LogP contribution in [-0.2, 0) is 9.59 Å². The number of hydrogen-bond acceptors (Lipinski definition) is 3. The molecule has 1 N–H and O–H groups in total. The molecule has 0 aliphatic carbocycles. The Labute approximate surface area is 109 Å².